The zero-order valence-electron chi connectivity index (χ0n) is 16.8. The second-order valence-corrected chi connectivity index (χ2v) is 6.62. The summed E-state index contributed by atoms with van der Waals surface area (Å²) in [6.45, 7) is 10.0. The highest BCUT2D eigenvalue weighted by molar-refractivity contribution is 5.87. The number of hydrogen-bond donors (Lipinski definition) is 1. The highest BCUT2D eigenvalue weighted by Gasteiger charge is 2.12. The van der Waals surface area contributed by atoms with Crippen LogP contribution in [0.5, 0.6) is 11.5 Å². The number of carbonyl (C=O) groups is 2. The molecule has 0 saturated carbocycles. The third-order valence-corrected chi connectivity index (χ3v) is 3.89. The second-order valence-electron chi connectivity index (χ2n) is 6.62. The first-order chi connectivity index (χ1) is 14.2. The standard InChI is InChI=1S/C23H23FO6/c1-14(2)22(26)28-12-11-21(25)29-18-9-10-19(20(24)13-18)16-5-7-17(8-6-16)30-23(27)15(3)4/h5-10,13,23,27H,1,3,11-12H2,2,4H3. The average Bonchev–Trinajstić information content (AvgIpc) is 2.68. The zero-order chi connectivity index (χ0) is 22.3. The van der Waals surface area contributed by atoms with Gasteiger partial charge in [-0.1, -0.05) is 25.3 Å². The quantitative estimate of drug-likeness (QED) is 0.218. The molecule has 7 heteroatoms. The molecule has 1 atom stereocenters. The lowest BCUT2D eigenvalue weighted by molar-refractivity contribution is -0.142. The molecule has 0 aliphatic heterocycles. The number of carbonyl (C=O) groups excluding carboxylic acids is 2. The lowest BCUT2D eigenvalue weighted by Crippen LogP contribution is -2.15. The van der Waals surface area contributed by atoms with Gasteiger partial charge in [-0.15, -0.1) is 0 Å². The first-order valence-electron chi connectivity index (χ1n) is 9.11. The van der Waals surface area contributed by atoms with Crippen LogP contribution in [0.15, 0.2) is 66.8 Å². The van der Waals surface area contributed by atoms with Crippen LogP contribution in [-0.2, 0) is 14.3 Å². The fourth-order valence-corrected chi connectivity index (χ4v) is 2.27. The Morgan fingerprint density at radius 3 is 2.27 bits per heavy atom. The van der Waals surface area contributed by atoms with E-state index in [2.05, 4.69) is 13.2 Å². The molecule has 2 rings (SSSR count). The summed E-state index contributed by atoms with van der Waals surface area (Å²) in [6.07, 6.45) is -1.29. The Labute approximate surface area is 174 Å². The van der Waals surface area contributed by atoms with Gasteiger partial charge in [0.05, 0.1) is 6.42 Å². The summed E-state index contributed by atoms with van der Waals surface area (Å²) in [5.41, 5.74) is 1.57. The smallest absolute Gasteiger partial charge is 0.333 e. The predicted molar refractivity (Wildman–Crippen MR) is 109 cm³/mol. The topological polar surface area (TPSA) is 82.1 Å². The van der Waals surface area contributed by atoms with E-state index in [9.17, 15) is 19.1 Å². The van der Waals surface area contributed by atoms with Gasteiger partial charge in [-0.2, -0.15) is 0 Å². The molecule has 0 radical (unpaired) electrons. The van der Waals surface area contributed by atoms with Crippen molar-refractivity contribution in [1.82, 2.24) is 0 Å². The number of aliphatic hydroxyl groups is 1. The van der Waals surface area contributed by atoms with Gasteiger partial charge in [0.15, 0.2) is 0 Å². The Hall–Kier alpha value is -3.45. The van der Waals surface area contributed by atoms with Gasteiger partial charge in [-0.25, -0.2) is 9.18 Å². The van der Waals surface area contributed by atoms with Crippen LogP contribution in [-0.4, -0.2) is 29.9 Å². The van der Waals surface area contributed by atoms with Gasteiger partial charge in [-0.3, -0.25) is 4.79 Å². The van der Waals surface area contributed by atoms with Crippen LogP contribution in [0.2, 0.25) is 0 Å². The number of esters is 2. The molecule has 0 aliphatic rings. The molecule has 30 heavy (non-hydrogen) atoms. The van der Waals surface area contributed by atoms with Crippen LogP contribution in [0, 0.1) is 5.82 Å². The minimum atomic E-state index is -1.12. The minimum Gasteiger partial charge on any atom is -0.462 e. The number of benzene rings is 2. The lowest BCUT2D eigenvalue weighted by Gasteiger charge is -2.13. The average molecular weight is 414 g/mol. The Morgan fingerprint density at radius 1 is 1.07 bits per heavy atom. The van der Waals surface area contributed by atoms with Crippen molar-refractivity contribution < 1.29 is 33.3 Å². The lowest BCUT2D eigenvalue weighted by atomic mass is 10.0. The van der Waals surface area contributed by atoms with E-state index < -0.39 is 24.0 Å². The molecule has 2 aromatic rings. The van der Waals surface area contributed by atoms with Crippen molar-refractivity contribution in [3.63, 3.8) is 0 Å². The molecule has 1 unspecified atom stereocenters. The third-order valence-electron chi connectivity index (χ3n) is 3.89. The molecule has 0 aromatic heterocycles. The Bertz CT molecular complexity index is 949. The zero-order valence-corrected chi connectivity index (χ0v) is 16.8. The first-order valence-corrected chi connectivity index (χ1v) is 9.11. The summed E-state index contributed by atoms with van der Waals surface area (Å²) < 4.78 is 29.7. The fourth-order valence-electron chi connectivity index (χ4n) is 2.27. The molecule has 0 spiro atoms. The summed E-state index contributed by atoms with van der Waals surface area (Å²) in [7, 11) is 0. The molecule has 158 valence electrons. The normalized spacial score (nSPS) is 11.3. The molecule has 0 aliphatic carbocycles. The largest absolute Gasteiger partial charge is 0.462 e. The van der Waals surface area contributed by atoms with E-state index in [1.165, 1.54) is 19.1 Å². The molecular weight excluding hydrogens is 391 g/mol. The number of rotatable bonds is 9. The van der Waals surface area contributed by atoms with Crippen molar-refractivity contribution >= 4 is 11.9 Å². The fraction of sp³-hybridized carbons (Fsp3) is 0.217. The highest BCUT2D eigenvalue weighted by Crippen LogP contribution is 2.28. The summed E-state index contributed by atoms with van der Waals surface area (Å²) in [5, 5.41) is 9.67. The molecule has 0 heterocycles. The van der Waals surface area contributed by atoms with Gasteiger partial charge in [0, 0.05) is 17.2 Å². The van der Waals surface area contributed by atoms with E-state index in [4.69, 9.17) is 14.2 Å². The van der Waals surface area contributed by atoms with E-state index in [1.807, 2.05) is 0 Å². The van der Waals surface area contributed by atoms with Crippen molar-refractivity contribution in [2.24, 2.45) is 0 Å². The van der Waals surface area contributed by atoms with E-state index in [0.29, 0.717) is 22.4 Å². The van der Waals surface area contributed by atoms with Crippen LogP contribution >= 0.6 is 0 Å². The van der Waals surface area contributed by atoms with Crippen molar-refractivity contribution in [3.05, 3.63) is 72.6 Å². The van der Waals surface area contributed by atoms with Gasteiger partial charge in [0.1, 0.15) is 23.9 Å². The summed E-state index contributed by atoms with van der Waals surface area (Å²) in [6, 6.07) is 10.5. The maximum Gasteiger partial charge on any atom is 0.333 e. The first kappa shape index (κ1) is 22.8. The Morgan fingerprint density at radius 2 is 1.70 bits per heavy atom. The maximum absolute atomic E-state index is 14.5. The highest BCUT2D eigenvalue weighted by atomic mass is 19.1. The van der Waals surface area contributed by atoms with Crippen molar-refractivity contribution in [2.75, 3.05) is 6.61 Å². The van der Waals surface area contributed by atoms with E-state index >= 15 is 0 Å². The monoisotopic (exact) mass is 414 g/mol. The Kier molecular flexibility index (Phi) is 7.89. The predicted octanol–water partition coefficient (Wildman–Crippen LogP) is 4.18. The van der Waals surface area contributed by atoms with Gasteiger partial charge < -0.3 is 19.3 Å². The van der Waals surface area contributed by atoms with E-state index in [1.54, 1.807) is 31.2 Å². The maximum atomic E-state index is 14.5. The van der Waals surface area contributed by atoms with E-state index in [-0.39, 0.29) is 24.4 Å². The van der Waals surface area contributed by atoms with Crippen molar-refractivity contribution in [1.29, 1.82) is 0 Å². The van der Waals surface area contributed by atoms with Gasteiger partial charge in [0.25, 0.3) is 0 Å². The molecule has 1 N–H and O–H groups in total. The van der Waals surface area contributed by atoms with Crippen LogP contribution < -0.4 is 9.47 Å². The summed E-state index contributed by atoms with van der Waals surface area (Å²) in [5.74, 6) is -1.38. The Balaban J connectivity index is 1.98. The van der Waals surface area contributed by atoms with Crippen LogP contribution in [0.25, 0.3) is 11.1 Å². The molecule has 6 nitrogen and oxygen atoms in total. The third kappa shape index (κ3) is 6.56. The van der Waals surface area contributed by atoms with Gasteiger partial charge in [0.2, 0.25) is 6.29 Å². The van der Waals surface area contributed by atoms with Crippen LogP contribution in [0.3, 0.4) is 0 Å². The SMILES string of the molecule is C=C(C)C(=O)OCCC(=O)Oc1ccc(-c2ccc(OC(O)C(=C)C)cc2)c(F)c1. The molecule has 0 fully saturated rings. The van der Waals surface area contributed by atoms with E-state index in [0.717, 1.165) is 6.07 Å². The molecular formula is C23H23FO6. The summed E-state index contributed by atoms with van der Waals surface area (Å²) >= 11 is 0. The second kappa shape index (κ2) is 10.4. The number of hydrogen-bond acceptors (Lipinski definition) is 6. The summed E-state index contributed by atoms with van der Waals surface area (Å²) in [4.78, 5) is 23.1. The van der Waals surface area contributed by atoms with Gasteiger partial charge in [-0.05, 0) is 49.2 Å². The minimum absolute atomic E-state index is 0.0389. The number of aliphatic hydroxyl groups excluding tert-OH is 1. The number of ether oxygens (including phenoxy) is 3. The van der Waals surface area contributed by atoms with Crippen molar-refractivity contribution in [2.45, 2.75) is 26.6 Å². The van der Waals surface area contributed by atoms with Gasteiger partial charge >= 0.3 is 11.9 Å². The molecule has 2 aromatic carbocycles. The molecule has 0 saturated heterocycles. The van der Waals surface area contributed by atoms with Crippen LogP contribution in [0.4, 0.5) is 4.39 Å². The molecule has 0 bridgehead atoms. The van der Waals surface area contributed by atoms with Crippen LogP contribution in [0.1, 0.15) is 20.3 Å². The van der Waals surface area contributed by atoms with Crippen molar-refractivity contribution in [3.8, 4) is 22.6 Å². The number of halogens is 1. The molecule has 0 amide bonds.